The number of halogens is 1. The minimum atomic E-state index is -0.284. The largest absolute Gasteiger partial charge is 0.321 e. The van der Waals surface area contributed by atoms with E-state index in [9.17, 15) is 9.18 Å². The van der Waals surface area contributed by atoms with E-state index in [1.54, 1.807) is 23.5 Å². The Labute approximate surface area is 185 Å². The second kappa shape index (κ2) is 7.72. The molecule has 0 radical (unpaired) electrons. The summed E-state index contributed by atoms with van der Waals surface area (Å²) in [6.07, 6.45) is 1.87. The van der Waals surface area contributed by atoms with Gasteiger partial charge in [0.1, 0.15) is 10.7 Å². The molecule has 8 heteroatoms. The van der Waals surface area contributed by atoms with Crippen LogP contribution in [0.25, 0.3) is 27.5 Å². The summed E-state index contributed by atoms with van der Waals surface area (Å²) in [5.74, 6) is -0.469. The molecule has 1 N–H and O–H groups in total. The van der Waals surface area contributed by atoms with Crippen molar-refractivity contribution in [3.8, 4) is 22.5 Å². The molecule has 0 atom stereocenters. The van der Waals surface area contributed by atoms with Crippen LogP contribution in [0.15, 0.2) is 60.1 Å². The predicted molar refractivity (Wildman–Crippen MR) is 123 cm³/mol. The van der Waals surface area contributed by atoms with Crippen LogP contribution in [0.5, 0.6) is 0 Å². The molecule has 31 heavy (non-hydrogen) atoms. The number of fused-ring (bicyclic) bond motifs is 1. The number of hydrogen-bond donors (Lipinski definition) is 1. The zero-order valence-corrected chi connectivity index (χ0v) is 18.4. The summed E-state index contributed by atoms with van der Waals surface area (Å²) in [7, 11) is 0. The third kappa shape index (κ3) is 3.64. The summed E-state index contributed by atoms with van der Waals surface area (Å²) in [6.45, 7) is 3.85. The van der Waals surface area contributed by atoms with Gasteiger partial charge in [-0.1, -0.05) is 29.5 Å². The minimum Gasteiger partial charge on any atom is -0.321 e. The number of para-hydroxylation sites is 1. The van der Waals surface area contributed by atoms with Gasteiger partial charge in [-0.05, 0) is 44.2 Å². The van der Waals surface area contributed by atoms with Crippen molar-refractivity contribution in [2.45, 2.75) is 13.8 Å². The van der Waals surface area contributed by atoms with Gasteiger partial charge in [-0.2, -0.15) is 0 Å². The van der Waals surface area contributed by atoms with E-state index in [0.717, 1.165) is 38.9 Å². The maximum absolute atomic E-state index is 13.2. The lowest BCUT2D eigenvalue weighted by Crippen LogP contribution is -2.12. The highest BCUT2D eigenvalue weighted by atomic mass is 32.1. The summed E-state index contributed by atoms with van der Waals surface area (Å²) in [4.78, 5) is 23.6. The van der Waals surface area contributed by atoms with Crippen molar-refractivity contribution >= 4 is 39.2 Å². The molecule has 5 rings (SSSR count). The van der Waals surface area contributed by atoms with Crippen LogP contribution in [0, 0.1) is 19.7 Å². The maximum atomic E-state index is 13.2. The number of anilines is 1. The SMILES string of the molecule is Cc1nc(-c2ccccc2NC(=O)c2sc3nc(-c4ccc(F)cc4)cn3c2C)cs1. The highest BCUT2D eigenvalue weighted by Crippen LogP contribution is 2.31. The molecule has 2 aromatic carbocycles. The van der Waals surface area contributed by atoms with E-state index in [1.165, 1.54) is 23.5 Å². The molecule has 5 nitrogen and oxygen atoms in total. The highest BCUT2D eigenvalue weighted by molar-refractivity contribution is 7.19. The number of carbonyl (C=O) groups is 1. The van der Waals surface area contributed by atoms with Gasteiger partial charge >= 0.3 is 0 Å². The molecule has 0 saturated heterocycles. The number of aromatic nitrogens is 3. The van der Waals surface area contributed by atoms with Crippen LogP contribution < -0.4 is 5.32 Å². The van der Waals surface area contributed by atoms with Crippen molar-refractivity contribution in [1.82, 2.24) is 14.4 Å². The van der Waals surface area contributed by atoms with Gasteiger partial charge in [-0.25, -0.2) is 14.4 Å². The number of nitrogens with zero attached hydrogens (tertiary/aromatic N) is 3. The Hall–Kier alpha value is -3.36. The molecule has 0 aliphatic carbocycles. The Morgan fingerprint density at radius 3 is 2.52 bits per heavy atom. The fourth-order valence-electron chi connectivity index (χ4n) is 3.40. The second-order valence-electron chi connectivity index (χ2n) is 7.05. The monoisotopic (exact) mass is 448 g/mol. The van der Waals surface area contributed by atoms with Crippen LogP contribution in [-0.2, 0) is 0 Å². The lowest BCUT2D eigenvalue weighted by Gasteiger charge is -2.09. The number of amides is 1. The molecular formula is C23H17FN4OS2. The van der Waals surface area contributed by atoms with Crippen molar-refractivity contribution in [3.05, 3.63) is 81.5 Å². The van der Waals surface area contributed by atoms with Gasteiger partial charge in [0, 0.05) is 28.4 Å². The third-order valence-corrected chi connectivity index (χ3v) is 6.90. The van der Waals surface area contributed by atoms with E-state index in [4.69, 9.17) is 0 Å². The standard InChI is InChI=1S/C23H17FN4OS2/c1-13-21(31-23-27-19(11-28(13)23)15-7-9-16(24)10-8-15)22(29)26-18-6-4-3-5-17(18)20-12-30-14(2)25-20/h3-12H,1-2H3,(H,26,29). The average molecular weight is 449 g/mol. The van der Waals surface area contributed by atoms with Crippen LogP contribution in [0.4, 0.5) is 10.1 Å². The molecule has 0 spiro atoms. The van der Waals surface area contributed by atoms with E-state index in [2.05, 4.69) is 15.3 Å². The fraction of sp³-hybridized carbons (Fsp3) is 0.0870. The topological polar surface area (TPSA) is 59.3 Å². The van der Waals surface area contributed by atoms with Crippen molar-refractivity contribution < 1.29 is 9.18 Å². The van der Waals surface area contributed by atoms with Crippen LogP contribution in [-0.4, -0.2) is 20.3 Å². The first-order valence-electron chi connectivity index (χ1n) is 9.57. The van der Waals surface area contributed by atoms with Gasteiger partial charge in [-0.3, -0.25) is 9.20 Å². The number of benzene rings is 2. The number of rotatable bonds is 4. The highest BCUT2D eigenvalue weighted by Gasteiger charge is 2.19. The lowest BCUT2D eigenvalue weighted by molar-refractivity contribution is 0.102. The molecule has 0 fully saturated rings. The van der Waals surface area contributed by atoms with Crippen molar-refractivity contribution in [3.63, 3.8) is 0 Å². The molecule has 0 aliphatic rings. The van der Waals surface area contributed by atoms with E-state index in [0.29, 0.717) is 9.84 Å². The molecule has 154 valence electrons. The number of nitrogens with one attached hydrogen (secondary N) is 1. The molecule has 3 heterocycles. The summed E-state index contributed by atoms with van der Waals surface area (Å²) in [5, 5.41) is 6.00. The maximum Gasteiger partial charge on any atom is 0.267 e. The van der Waals surface area contributed by atoms with E-state index >= 15 is 0 Å². The molecule has 0 unspecified atom stereocenters. The number of thiazole rings is 2. The first-order valence-corrected chi connectivity index (χ1v) is 11.3. The molecule has 0 saturated carbocycles. The number of aryl methyl sites for hydroxylation is 2. The molecule has 0 bridgehead atoms. The second-order valence-corrected chi connectivity index (χ2v) is 9.09. The molecule has 0 aliphatic heterocycles. The Balaban J connectivity index is 1.45. The van der Waals surface area contributed by atoms with Gasteiger partial charge in [-0.15, -0.1) is 11.3 Å². The van der Waals surface area contributed by atoms with Crippen molar-refractivity contribution in [1.29, 1.82) is 0 Å². The number of imidazole rings is 1. The predicted octanol–water partition coefficient (Wildman–Crippen LogP) is 6.19. The zero-order valence-electron chi connectivity index (χ0n) is 16.7. The first-order chi connectivity index (χ1) is 15.0. The molecule has 3 aromatic heterocycles. The fourth-order valence-corrected chi connectivity index (χ4v) is 5.02. The van der Waals surface area contributed by atoms with Crippen LogP contribution >= 0.6 is 22.7 Å². The average Bonchev–Trinajstić information content (AvgIpc) is 3.45. The summed E-state index contributed by atoms with van der Waals surface area (Å²) < 4.78 is 15.1. The van der Waals surface area contributed by atoms with Crippen molar-refractivity contribution in [2.75, 3.05) is 5.32 Å². The smallest absolute Gasteiger partial charge is 0.267 e. The third-order valence-electron chi connectivity index (χ3n) is 4.97. The van der Waals surface area contributed by atoms with E-state index in [-0.39, 0.29) is 11.7 Å². The quantitative estimate of drug-likeness (QED) is 0.356. The molecule has 5 aromatic rings. The summed E-state index contributed by atoms with van der Waals surface area (Å²) in [5.41, 5.74) is 4.83. The van der Waals surface area contributed by atoms with E-state index in [1.807, 2.05) is 54.1 Å². The van der Waals surface area contributed by atoms with Gasteiger partial charge in [0.2, 0.25) is 0 Å². The Morgan fingerprint density at radius 2 is 1.81 bits per heavy atom. The van der Waals surface area contributed by atoms with Crippen molar-refractivity contribution in [2.24, 2.45) is 0 Å². The normalized spacial score (nSPS) is 11.2. The Morgan fingerprint density at radius 1 is 1.03 bits per heavy atom. The van der Waals surface area contributed by atoms with Crippen LogP contribution in [0.1, 0.15) is 20.4 Å². The van der Waals surface area contributed by atoms with Gasteiger partial charge in [0.05, 0.1) is 22.1 Å². The first kappa shape index (κ1) is 19.6. The summed E-state index contributed by atoms with van der Waals surface area (Å²) >= 11 is 2.90. The van der Waals surface area contributed by atoms with E-state index < -0.39 is 0 Å². The van der Waals surface area contributed by atoms with Crippen LogP contribution in [0.3, 0.4) is 0 Å². The van der Waals surface area contributed by atoms with Gasteiger partial charge in [0.15, 0.2) is 4.96 Å². The molecular weight excluding hydrogens is 431 g/mol. The molecule has 1 amide bonds. The lowest BCUT2D eigenvalue weighted by atomic mass is 10.1. The Bertz CT molecular complexity index is 1420. The summed E-state index contributed by atoms with van der Waals surface area (Å²) in [6, 6.07) is 13.9. The minimum absolute atomic E-state index is 0.185. The zero-order chi connectivity index (χ0) is 21.5. The number of hydrogen-bond acceptors (Lipinski definition) is 5. The number of carbonyl (C=O) groups excluding carboxylic acids is 1. The van der Waals surface area contributed by atoms with Gasteiger partial charge < -0.3 is 5.32 Å². The Kier molecular flexibility index (Phi) is 4.88. The van der Waals surface area contributed by atoms with Crippen LogP contribution in [0.2, 0.25) is 0 Å². The van der Waals surface area contributed by atoms with Gasteiger partial charge in [0.25, 0.3) is 5.91 Å².